The molecule has 0 bridgehead atoms. The summed E-state index contributed by atoms with van der Waals surface area (Å²) in [6.45, 7) is 7.15. The minimum absolute atomic E-state index is 0.328. The molecule has 1 heterocycles. The Balaban J connectivity index is 2.71. The van der Waals surface area contributed by atoms with Crippen LogP contribution in [0.1, 0.15) is 31.4 Å². The van der Waals surface area contributed by atoms with Gasteiger partial charge in [0.2, 0.25) is 6.29 Å². The standard InChI is InChI=1S/C11H17NO2/c1-4-13-11(14-5-2)10-7-6-9(3)8-12-10/h6-8,11H,4-5H2,1-3H3. The van der Waals surface area contributed by atoms with Gasteiger partial charge in [-0.15, -0.1) is 0 Å². The highest BCUT2D eigenvalue weighted by Crippen LogP contribution is 2.16. The van der Waals surface area contributed by atoms with Crippen molar-refractivity contribution in [3.8, 4) is 0 Å². The molecule has 14 heavy (non-hydrogen) atoms. The van der Waals surface area contributed by atoms with E-state index in [0.29, 0.717) is 13.2 Å². The number of hydrogen-bond acceptors (Lipinski definition) is 3. The fourth-order valence-electron chi connectivity index (χ4n) is 1.14. The summed E-state index contributed by atoms with van der Waals surface area (Å²) in [4.78, 5) is 4.27. The first-order valence-corrected chi connectivity index (χ1v) is 4.93. The van der Waals surface area contributed by atoms with Crippen LogP contribution in [0.5, 0.6) is 0 Å². The summed E-state index contributed by atoms with van der Waals surface area (Å²) < 4.78 is 10.8. The molecule has 3 nitrogen and oxygen atoms in total. The Bertz CT molecular complexity index is 252. The maximum atomic E-state index is 5.42. The Morgan fingerprint density at radius 3 is 2.29 bits per heavy atom. The molecule has 3 heteroatoms. The second-order valence-corrected chi connectivity index (χ2v) is 3.00. The molecular weight excluding hydrogens is 178 g/mol. The van der Waals surface area contributed by atoms with Gasteiger partial charge in [-0.25, -0.2) is 0 Å². The zero-order valence-corrected chi connectivity index (χ0v) is 8.99. The van der Waals surface area contributed by atoms with Crippen molar-refractivity contribution in [2.75, 3.05) is 13.2 Å². The van der Waals surface area contributed by atoms with Crippen molar-refractivity contribution in [1.29, 1.82) is 0 Å². The number of nitrogens with zero attached hydrogens (tertiary/aromatic N) is 1. The molecule has 0 fully saturated rings. The number of rotatable bonds is 5. The zero-order chi connectivity index (χ0) is 10.4. The number of aryl methyl sites for hydroxylation is 1. The lowest BCUT2D eigenvalue weighted by atomic mass is 10.3. The molecule has 0 N–H and O–H groups in total. The Kier molecular flexibility index (Phi) is 4.56. The van der Waals surface area contributed by atoms with Crippen molar-refractivity contribution in [2.45, 2.75) is 27.1 Å². The van der Waals surface area contributed by atoms with Gasteiger partial charge in [0, 0.05) is 19.4 Å². The van der Waals surface area contributed by atoms with E-state index in [1.807, 2.05) is 39.1 Å². The Hall–Kier alpha value is -0.930. The molecule has 0 aliphatic heterocycles. The third kappa shape index (κ3) is 3.09. The summed E-state index contributed by atoms with van der Waals surface area (Å²) in [6.07, 6.45) is 1.49. The van der Waals surface area contributed by atoms with E-state index in [-0.39, 0.29) is 6.29 Å². The molecule has 0 unspecified atom stereocenters. The molecular formula is C11H17NO2. The van der Waals surface area contributed by atoms with E-state index in [1.165, 1.54) is 0 Å². The van der Waals surface area contributed by atoms with Crippen molar-refractivity contribution in [3.05, 3.63) is 29.6 Å². The first-order valence-electron chi connectivity index (χ1n) is 4.93. The van der Waals surface area contributed by atoms with E-state index in [9.17, 15) is 0 Å². The molecule has 0 aliphatic rings. The molecule has 1 rings (SSSR count). The van der Waals surface area contributed by atoms with E-state index in [0.717, 1.165) is 11.3 Å². The smallest absolute Gasteiger partial charge is 0.201 e. The lowest BCUT2D eigenvalue weighted by Crippen LogP contribution is -2.10. The van der Waals surface area contributed by atoms with Crippen molar-refractivity contribution in [3.63, 3.8) is 0 Å². The Morgan fingerprint density at radius 1 is 1.21 bits per heavy atom. The van der Waals surface area contributed by atoms with Gasteiger partial charge in [0.15, 0.2) is 0 Å². The van der Waals surface area contributed by atoms with Gasteiger partial charge in [-0.1, -0.05) is 6.07 Å². The first-order chi connectivity index (χ1) is 6.77. The van der Waals surface area contributed by atoms with Crippen LogP contribution in [0.15, 0.2) is 18.3 Å². The van der Waals surface area contributed by atoms with Crippen LogP contribution in [0.4, 0.5) is 0 Å². The van der Waals surface area contributed by atoms with Gasteiger partial charge in [0.1, 0.15) is 0 Å². The van der Waals surface area contributed by atoms with Crippen molar-refractivity contribution >= 4 is 0 Å². The summed E-state index contributed by atoms with van der Waals surface area (Å²) in [7, 11) is 0. The fourth-order valence-corrected chi connectivity index (χ4v) is 1.14. The molecule has 78 valence electrons. The van der Waals surface area contributed by atoms with Crippen LogP contribution in [-0.4, -0.2) is 18.2 Å². The minimum atomic E-state index is -0.328. The summed E-state index contributed by atoms with van der Waals surface area (Å²) in [5.74, 6) is 0. The monoisotopic (exact) mass is 195 g/mol. The van der Waals surface area contributed by atoms with Crippen molar-refractivity contribution in [1.82, 2.24) is 4.98 Å². The SMILES string of the molecule is CCOC(OCC)c1ccc(C)cn1. The third-order valence-electron chi connectivity index (χ3n) is 1.81. The van der Waals surface area contributed by atoms with Crippen LogP contribution in [0, 0.1) is 6.92 Å². The van der Waals surface area contributed by atoms with Gasteiger partial charge in [0.05, 0.1) is 5.69 Å². The van der Waals surface area contributed by atoms with E-state index in [2.05, 4.69) is 4.98 Å². The quantitative estimate of drug-likeness (QED) is 0.676. The zero-order valence-electron chi connectivity index (χ0n) is 8.99. The van der Waals surface area contributed by atoms with Crippen LogP contribution in [0.2, 0.25) is 0 Å². The second kappa shape index (κ2) is 5.73. The highest BCUT2D eigenvalue weighted by Gasteiger charge is 2.11. The van der Waals surface area contributed by atoms with Gasteiger partial charge >= 0.3 is 0 Å². The lowest BCUT2D eigenvalue weighted by Gasteiger charge is -2.15. The van der Waals surface area contributed by atoms with Gasteiger partial charge in [-0.3, -0.25) is 4.98 Å². The molecule has 1 aromatic heterocycles. The number of ether oxygens (including phenoxy) is 2. The highest BCUT2D eigenvalue weighted by atomic mass is 16.7. The van der Waals surface area contributed by atoms with E-state index in [4.69, 9.17) is 9.47 Å². The van der Waals surface area contributed by atoms with Crippen LogP contribution in [-0.2, 0) is 9.47 Å². The average Bonchev–Trinajstić information content (AvgIpc) is 2.19. The normalized spacial score (nSPS) is 10.9. The van der Waals surface area contributed by atoms with Crippen LogP contribution in [0.3, 0.4) is 0 Å². The fraction of sp³-hybridized carbons (Fsp3) is 0.545. The number of hydrogen-bond donors (Lipinski definition) is 0. The molecule has 0 radical (unpaired) electrons. The topological polar surface area (TPSA) is 31.4 Å². The summed E-state index contributed by atoms with van der Waals surface area (Å²) >= 11 is 0. The summed E-state index contributed by atoms with van der Waals surface area (Å²) in [5.41, 5.74) is 1.97. The Morgan fingerprint density at radius 2 is 1.86 bits per heavy atom. The first kappa shape index (κ1) is 11.1. The highest BCUT2D eigenvalue weighted by molar-refractivity contribution is 5.12. The molecule has 0 saturated heterocycles. The summed E-state index contributed by atoms with van der Waals surface area (Å²) in [6, 6.07) is 3.94. The van der Waals surface area contributed by atoms with E-state index >= 15 is 0 Å². The predicted molar refractivity (Wildman–Crippen MR) is 55.0 cm³/mol. The molecule has 0 amide bonds. The molecule has 0 aromatic carbocycles. The molecule has 1 aromatic rings. The van der Waals surface area contributed by atoms with Gasteiger partial charge in [-0.05, 0) is 32.4 Å². The van der Waals surface area contributed by atoms with Gasteiger partial charge < -0.3 is 9.47 Å². The van der Waals surface area contributed by atoms with Gasteiger partial charge in [-0.2, -0.15) is 0 Å². The summed E-state index contributed by atoms with van der Waals surface area (Å²) in [5, 5.41) is 0. The van der Waals surface area contributed by atoms with Crippen LogP contribution < -0.4 is 0 Å². The van der Waals surface area contributed by atoms with Crippen LogP contribution in [0.25, 0.3) is 0 Å². The van der Waals surface area contributed by atoms with E-state index in [1.54, 1.807) is 0 Å². The minimum Gasteiger partial charge on any atom is -0.347 e. The van der Waals surface area contributed by atoms with Gasteiger partial charge in [0.25, 0.3) is 0 Å². The molecule has 0 saturated carbocycles. The van der Waals surface area contributed by atoms with Crippen molar-refractivity contribution in [2.24, 2.45) is 0 Å². The second-order valence-electron chi connectivity index (χ2n) is 3.00. The number of pyridine rings is 1. The largest absolute Gasteiger partial charge is 0.347 e. The van der Waals surface area contributed by atoms with Crippen molar-refractivity contribution < 1.29 is 9.47 Å². The Labute approximate surface area is 85.1 Å². The third-order valence-corrected chi connectivity index (χ3v) is 1.81. The van der Waals surface area contributed by atoms with Crippen LogP contribution >= 0.6 is 0 Å². The number of aromatic nitrogens is 1. The maximum absolute atomic E-state index is 5.42. The van der Waals surface area contributed by atoms with E-state index < -0.39 is 0 Å². The maximum Gasteiger partial charge on any atom is 0.201 e. The molecule has 0 atom stereocenters. The average molecular weight is 195 g/mol. The molecule has 0 spiro atoms. The lowest BCUT2D eigenvalue weighted by molar-refractivity contribution is -0.142. The molecule has 0 aliphatic carbocycles. The predicted octanol–water partition coefficient (Wildman–Crippen LogP) is 2.46.